The molecule has 4 aromatic rings. The van der Waals surface area contributed by atoms with Crippen LogP contribution in [-0.4, -0.2) is 20.0 Å². The van der Waals surface area contributed by atoms with E-state index in [4.69, 9.17) is 0 Å². The maximum atomic E-state index is 4.47. The molecule has 0 amide bonds. The molecule has 5 nitrogen and oxygen atoms in total. The highest BCUT2D eigenvalue weighted by atomic mass is 15.4. The van der Waals surface area contributed by atoms with Gasteiger partial charge in [0.2, 0.25) is 0 Å². The number of nitrogens with zero attached hydrogens (tertiary/aromatic N) is 4. The summed E-state index contributed by atoms with van der Waals surface area (Å²) < 4.78 is 1.78. The summed E-state index contributed by atoms with van der Waals surface area (Å²) >= 11 is 0. The normalized spacial score (nSPS) is 10.9. The lowest BCUT2D eigenvalue weighted by atomic mass is 10.1. The van der Waals surface area contributed by atoms with Crippen LogP contribution in [0.15, 0.2) is 67.0 Å². The van der Waals surface area contributed by atoms with Gasteiger partial charge >= 0.3 is 0 Å². The predicted octanol–water partition coefficient (Wildman–Crippen LogP) is 3.74. The molecule has 118 valence electrons. The fourth-order valence-corrected chi connectivity index (χ4v) is 2.75. The van der Waals surface area contributed by atoms with Gasteiger partial charge in [0.25, 0.3) is 0 Å². The van der Waals surface area contributed by atoms with Crippen molar-refractivity contribution in [3.8, 4) is 5.69 Å². The summed E-state index contributed by atoms with van der Waals surface area (Å²) in [5.74, 6) is 0. The van der Waals surface area contributed by atoms with Crippen molar-refractivity contribution in [1.29, 1.82) is 0 Å². The van der Waals surface area contributed by atoms with Gasteiger partial charge in [-0.15, -0.1) is 5.10 Å². The second-order valence-electron chi connectivity index (χ2n) is 5.67. The standard InChI is InChI=1S/C19H17N5/c1-14-6-5-9-17-18(10-11-20-19(14)17)21-12-15-13-24(23-22-15)16-7-3-2-4-8-16/h2-11,13H,12H2,1H3,(H,20,21). The quantitative estimate of drug-likeness (QED) is 0.623. The molecule has 0 saturated heterocycles. The second-order valence-corrected chi connectivity index (χ2v) is 5.67. The van der Waals surface area contributed by atoms with Crippen molar-refractivity contribution in [2.24, 2.45) is 0 Å². The molecule has 4 rings (SSSR count). The van der Waals surface area contributed by atoms with Crippen LogP contribution in [0.25, 0.3) is 16.6 Å². The molecule has 0 aliphatic carbocycles. The number of anilines is 1. The number of nitrogens with one attached hydrogen (secondary N) is 1. The molecule has 0 aliphatic heterocycles. The Kier molecular flexibility index (Phi) is 3.67. The van der Waals surface area contributed by atoms with Crippen molar-refractivity contribution in [3.63, 3.8) is 0 Å². The second kappa shape index (κ2) is 6.12. The summed E-state index contributed by atoms with van der Waals surface area (Å²) in [7, 11) is 0. The molecule has 0 atom stereocenters. The molecule has 1 N–H and O–H groups in total. The highest BCUT2D eigenvalue weighted by molar-refractivity contribution is 5.92. The first-order valence-electron chi connectivity index (χ1n) is 7.86. The maximum Gasteiger partial charge on any atom is 0.102 e. The van der Waals surface area contributed by atoms with E-state index < -0.39 is 0 Å². The number of aromatic nitrogens is 4. The number of hydrogen-bond acceptors (Lipinski definition) is 4. The zero-order valence-electron chi connectivity index (χ0n) is 13.3. The number of fused-ring (bicyclic) bond motifs is 1. The van der Waals surface area contributed by atoms with E-state index in [2.05, 4.69) is 45.7 Å². The van der Waals surface area contributed by atoms with E-state index in [1.165, 1.54) is 5.56 Å². The van der Waals surface area contributed by atoms with Gasteiger partial charge in [-0.05, 0) is 30.7 Å². The fourth-order valence-electron chi connectivity index (χ4n) is 2.75. The molecule has 0 bridgehead atoms. The van der Waals surface area contributed by atoms with E-state index in [1.54, 1.807) is 4.68 Å². The van der Waals surface area contributed by atoms with E-state index in [1.807, 2.05) is 48.8 Å². The molecular formula is C19H17N5. The third kappa shape index (κ3) is 2.72. The molecule has 2 heterocycles. The Balaban J connectivity index is 1.56. The highest BCUT2D eigenvalue weighted by Gasteiger charge is 2.06. The maximum absolute atomic E-state index is 4.47. The van der Waals surface area contributed by atoms with Crippen LogP contribution in [0.3, 0.4) is 0 Å². The Morgan fingerprint density at radius 2 is 1.88 bits per heavy atom. The number of aryl methyl sites for hydroxylation is 1. The molecule has 0 radical (unpaired) electrons. The largest absolute Gasteiger partial charge is 0.379 e. The first kappa shape index (κ1) is 14.4. The predicted molar refractivity (Wildman–Crippen MR) is 95.2 cm³/mol. The lowest BCUT2D eigenvalue weighted by Crippen LogP contribution is -2.01. The SMILES string of the molecule is Cc1cccc2c(NCc3cn(-c4ccccc4)nn3)ccnc12. The molecule has 0 saturated carbocycles. The summed E-state index contributed by atoms with van der Waals surface area (Å²) in [4.78, 5) is 4.47. The molecule has 0 fully saturated rings. The molecule has 0 aliphatic rings. The van der Waals surface area contributed by atoms with Gasteiger partial charge in [0.15, 0.2) is 0 Å². The van der Waals surface area contributed by atoms with Gasteiger partial charge in [0.1, 0.15) is 5.69 Å². The number of hydrogen-bond donors (Lipinski definition) is 1. The van der Waals surface area contributed by atoms with Crippen LogP contribution >= 0.6 is 0 Å². The van der Waals surface area contributed by atoms with Gasteiger partial charge in [-0.3, -0.25) is 4.98 Å². The average molecular weight is 315 g/mol. The van der Waals surface area contributed by atoms with E-state index >= 15 is 0 Å². The van der Waals surface area contributed by atoms with E-state index in [0.29, 0.717) is 6.54 Å². The zero-order chi connectivity index (χ0) is 16.4. The Morgan fingerprint density at radius 3 is 2.75 bits per heavy atom. The van der Waals surface area contributed by atoms with Gasteiger partial charge in [0, 0.05) is 17.3 Å². The summed E-state index contributed by atoms with van der Waals surface area (Å²) in [6, 6.07) is 18.2. The summed E-state index contributed by atoms with van der Waals surface area (Å²) in [6.45, 7) is 2.68. The molecule has 0 unspecified atom stereocenters. The third-order valence-electron chi connectivity index (χ3n) is 3.99. The summed E-state index contributed by atoms with van der Waals surface area (Å²) in [6.07, 6.45) is 3.77. The van der Waals surface area contributed by atoms with E-state index in [9.17, 15) is 0 Å². The molecule has 0 spiro atoms. The highest BCUT2D eigenvalue weighted by Crippen LogP contribution is 2.24. The van der Waals surface area contributed by atoms with Gasteiger partial charge in [-0.1, -0.05) is 41.6 Å². The fraction of sp³-hybridized carbons (Fsp3) is 0.105. The van der Waals surface area contributed by atoms with Gasteiger partial charge in [-0.2, -0.15) is 0 Å². The third-order valence-corrected chi connectivity index (χ3v) is 3.99. The number of benzene rings is 2. The van der Waals surface area contributed by atoms with Crippen LogP contribution in [0.4, 0.5) is 5.69 Å². The first-order valence-corrected chi connectivity index (χ1v) is 7.86. The zero-order valence-corrected chi connectivity index (χ0v) is 13.3. The van der Waals surface area contributed by atoms with Crippen molar-refractivity contribution >= 4 is 16.6 Å². The lowest BCUT2D eigenvalue weighted by molar-refractivity contribution is 0.798. The topological polar surface area (TPSA) is 55.6 Å². The summed E-state index contributed by atoms with van der Waals surface area (Å²) in [5.41, 5.74) is 5.14. The van der Waals surface area contributed by atoms with Crippen molar-refractivity contribution in [1.82, 2.24) is 20.0 Å². The van der Waals surface area contributed by atoms with Crippen molar-refractivity contribution in [2.45, 2.75) is 13.5 Å². The first-order chi connectivity index (χ1) is 11.8. The number of rotatable bonds is 4. The van der Waals surface area contributed by atoms with E-state index in [0.717, 1.165) is 28.0 Å². The van der Waals surface area contributed by atoms with Crippen molar-refractivity contribution in [3.05, 3.63) is 78.2 Å². The van der Waals surface area contributed by atoms with Crippen molar-refractivity contribution in [2.75, 3.05) is 5.32 Å². The molecule has 5 heteroatoms. The van der Waals surface area contributed by atoms with Crippen LogP contribution < -0.4 is 5.32 Å². The van der Waals surface area contributed by atoms with Crippen LogP contribution in [0.2, 0.25) is 0 Å². The van der Waals surface area contributed by atoms with E-state index in [-0.39, 0.29) is 0 Å². The average Bonchev–Trinajstić information content (AvgIpc) is 3.10. The van der Waals surface area contributed by atoms with Crippen molar-refractivity contribution < 1.29 is 0 Å². The Morgan fingerprint density at radius 1 is 1.00 bits per heavy atom. The van der Waals surface area contributed by atoms with Gasteiger partial charge < -0.3 is 5.32 Å². The minimum atomic E-state index is 0.611. The minimum absolute atomic E-state index is 0.611. The minimum Gasteiger partial charge on any atom is -0.379 e. The lowest BCUT2D eigenvalue weighted by Gasteiger charge is -2.09. The van der Waals surface area contributed by atoms with Crippen LogP contribution in [0.1, 0.15) is 11.3 Å². The summed E-state index contributed by atoms with van der Waals surface area (Å²) in [5, 5.41) is 13.0. The molecule has 2 aromatic carbocycles. The van der Waals surface area contributed by atoms with Gasteiger partial charge in [-0.25, -0.2) is 4.68 Å². The monoisotopic (exact) mass is 315 g/mol. The van der Waals surface area contributed by atoms with Crippen LogP contribution in [0.5, 0.6) is 0 Å². The number of pyridine rings is 1. The van der Waals surface area contributed by atoms with Gasteiger partial charge in [0.05, 0.1) is 23.9 Å². The molecular weight excluding hydrogens is 298 g/mol. The Bertz CT molecular complexity index is 975. The smallest absolute Gasteiger partial charge is 0.102 e. The van der Waals surface area contributed by atoms with Crippen LogP contribution in [0, 0.1) is 6.92 Å². The number of para-hydroxylation sites is 2. The van der Waals surface area contributed by atoms with Crippen LogP contribution in [-0.2, 0) is 6.54 Å². The molecule has 24 heavy (non-hydrogen) atoms. The Labute approximate surface area is 140 Å². The molecule has 2 aromatic heterocycles. The Hall–Kier alpha value is -3.21.